The summed E-state index contributed by atoms with van der Waals surface area (Å²) in [5.74, 6) is -0.0712. The average molecular weight is 300 g/mol. The van der Waals surface area contributed by atoms with Crippen molar-refractivity contribution in [2.24, 2.45) is 0 Å². The fraction of sp³-hybridized carbons (Fsp3) is 0.125. The molecule has 0 saturated carbocycles. The van der Waals surface area contributed by atoms with E-state index in [4.69, 9.17) is 11.6 Å². The number of rotatable bonds is 4. The van der Waals surface area contributed by atoms with Crippen LogP contribution in [-0.2, 0) is 11.2 Å². The van der Waals surface area contributed by atoms with Gasteiger partial charge in [-0.15, -0.1) is 0 Å². The summed E-state index contributed by atoms with van der Waals surface area (Å²) < 4.78 is 1.64. The highest BCUT2D eigenvalue weighted by Gasteiger charge is 2.07. The van der Waals surface area contributed by atoms with E-state index in [1.807, 2.05) is 48.5 Å². The van der Waals surface area contributed by atoms with Gasteiger partial charge < -0.3 is 0 Å². The third-order valence-corrected chi connectivity index (χ3v) is 3.65. The highest BCUT2D eigenvalue weighted by Crippen LogP contribution is 2.16. The summed E-state index contributed by atoms with van der Waals surface area (Å²) in [5.41, 5.74) is 5.53. The fourth-order valence-corrected chi connectivity index (χ4v) is 2.42. The van der Waals surface area contributed by atoms with E-state index in [1.54, 1.807) is 11.0 Å². The highest BCUT2D eigenvalue weighted by molar-refractivity contribution is 6.31. The monoisotopic (exact) mass is 299 g/mol. The van der Waals surface area contributed by atoms with Gasteiger partial charge in [-0.1, -0.05) is 41.9 Å². The molecule has 0 bridgehead atoms. The summed E-state index contributed by atoms with van der Waals surface area (Å²) in [6.07, 6.45) is 2.59. The molecule has 3 rings (SSSR count). The van der Waals surface area contributed by atoms with E-state index >= 15 is 0 Å². The Kier molecular flexibility index (Phi) is 3.88. The molecule has 106 valence electrons. The van der Waals surface area contributed by atoms with Crippen molar-refractivity contribution in [3.63, 3.8) is 0 Å². The Morgan fingerprint density at radius 3 is 2.76 bits per heavy atom. The van der Waals surface area contributed by atoms with Gasteiger partial charge in [0, 0.05) is 11.4 Å². The molecule has 1 N–H and O–H groups in total. The summed E-state index contributed by atoms with van der Waals surface area (Å²) in [6.45, 7) is 0. The molecule has 1 amide bonds. The van der Waals surface area contributed by atoms with Gasteiger partial charge in [-0.2, -0.15) is 0 Å². The standard InChI is InChI=1S/C16H14ClN3O/c17-13-6-2-1-5-12(13)9-10-16(21)19-20-11-18-14-7-3-4-8-15(14)20/h1-8,11H,9-10H2,(H,19,21). The van der Waals surface area contributed by atoms with Crippen molar-refractivity contribution < 1.29 is 4.79 Å². The number of aryl methyl sites for hydroxylation is 1. The van der Waals surface area contributed by atoms with Gasteiger partial charge in [-0.3, -0.25) is 10.2 Å². The Morgan fingerprint density at radius 2 is 1.90 bits per heavy atom. The SMILES string of the molecule is O=C(CCc1ccccc1Cl)Nn1cnc2ccccc21. The number of carbonyl (C=O) groups excluding carboxylic acids is 1. The Bertz CT molecular complexity index is 782. The molecular formula is C16H14ClN3O. The first-order valence-electron chi connectivity index (χ1n) is 6.69. The molecule has 0 radical (unpaired) electrons. The van der Waals surface area contributed by atoms with Gasteiger partial charge in [0.25, 0.3) is 0 Å². The normalized spacial score (nSPS) is 10.7. The first-order valence-corrected chi connectivity index (χ1v) is 7.07. The van der Waals surface area contributed by atoms with Gasteiger partial charge in [-0.25, -0.2) is 9.66 Å². The number of para-hydroxylation sites is 2. The second kappa shape index (κ2) is 5.97. The molecule has 4 nitrogen and oxygen atoms in total. The third kappa shape index (κ3) is 3.06. The lowest BCUT2D eigenvalue weighted by molar-refractivity contribution is -0.117. The van der Waals surface area contributed by atoms with E-state index in [0.29, 0.717) is 17.9 Å². The molecule has 1 aromatic heterocycles. The largest absolute Gasteiger partial charge is 0.273 e. The molecule has 2 aromatic carbocycles. The number of nitrogens with zero attached hydrogens (tertiary/aromatic N) is 2. The molecule has 0 aliphatic carbocycles. The lowest BCUT2D eigenvalue weighted by atomic mass is 10.1. The van der Waals surface area contributed by atoms with Gasteiger partial charge in [0.1, 0.15) is 6.33 Å². The van der Waals surface area contributed by atoms with Crippen LogP contribution >= 0.6 is 11.6 Å². The van der Waals surface area contributed by atoms with Crippen LogP contribution in [0.2, 0.25) is 5.02 Å². The maximum atomic E-state index is 12.0. The number of aromatic nitrogens is 2. The average Bonchev–Trinajstić information content (AvgIpc) is 2.90. The van der Waals surface area contributed by atoms with Crippen molar-refractivity contribution in [3.8, 4) is 0 Å². The van der Waals surface area contributed by atoms with Crippen LogP contribution < -0.4 is 5.43 Å². The van der Waals surface area contributed by atoms with E-state index in [2.05, 4.69) is 10.4 Å². The Labute approximate surface area is 127 Å². The van der Waals surface area contributed by atoms with Crippen LogP contribution in [0.25, 0.3) is 11.0 Å². The molecule has 0 saturated heterocycles. The molecule has 0 unspecified atom stereocenters. The van der Waals surface area contributed by atoms with Crippen LogP contribution in [0.3, 0.4) is 0 Å². The molecule has 5 heteroatoms. The van der Waals surface area contributed by atoms with Gasteiger partial charge >= 0.3 is 0 Å². The number of imidazole rings is 1. The zero-order chi connectivity index (χ0) is 14.7. The first kappa shape index (κ1) is 13.6. The van der Waals surface area contributed by atoms with Gasteiger partial charge in [0.15, 0.2) is 0 Å². The summed E-state index contributed by atoms with van der Waals surface area (Å²) in [6, 6.07) is 15.2. The summed E-state index contributed by atoms with van der Waals surface area (Å²) in [7, 11) is 0. The molecule has 0 fully saturated rings. The van der Waals surface area contributed by atoms with Crippen molar-refractivity contribution in [2.75, 3.05) is 5.43 Å². The van der Waals surface area contributed by atoms with Crippen molar-refractivity contribution in [1.29, 1.82) is 0 Å². The number of benzene rings is 2. The third-order valence-electron chi connectivity index (χ3n) is 3.28. The first-order chi connectivity index (χ1) is 10.2. The van der Waals surface area contributed by atoms with Crippen molar-refractivity contribution in [2.45, 2.75) is 12.8 Å². The second-order valence-electron chi connectivity index (χ2n) is 4.73. The van der Waals surface area contributed by atoms with E-state index in [9.17, 15) is 4.79 Å². The minimum atomic E-state index is -0.0712. The minimum Gasteiger partial charge on any atom is -0.273 e. The number of halogens is 1. The van der Waals surface area contributed by atoms with Crippen molar-refractivity contribution >= 4 is 28.5 Å². The van der Waals surface area contributed by atoms with Crippen LogP contribution in [0.15, 0.2) is 54.9 Å². The number of hydrogen-bond donors (Lipinski definition) is 1. The van der Waals surface area contributed by atoms with Crippen LogP contribution in [-0.4, -0.2) is 15.6 Å². The van der Waals surface area contributed by atoms with Crippen molar-refractivity contribution in [1.82, 2.24) is 9.66 Å². The van der Waals surface area contributed by atoms with Crippen LogP contribution in [0.4, 0.5) is 0 Å². The molecular weight excluding hydrogens is 286 g/mol. The highest BCUT2D eigenvalue weighted by atomic mass is 35.5. The molecule has 1 heterocycles. The van der Waals surface area contributed by atoms with Crippen molar-refractivity contribution in [3.05, 3.63) is 65.4 Å². The van der Waals surface area contributed by atoms with Gasteiger partial charge in [-0.05, 0) is 30.2 Å². The van der Waals surface area contributed by atoms with Crippen LogP contribution in [0, 0.1) is 0 Å². The smallest absolute Gasteiger partial charge is 0.239 e. The van der Waals surface area contributed by atoms with E-state index < -0.39 is 0 Å². The van der Waals surface area contributed by atoms with E-state index in [0.717, 1.165) is 16.6 Å². The summed E-state index contributed by atoms with van der Waals surface area (Å²) in [4.78, 5) is 16.3. The summed E-state index contributed by atoms with van der Waals surface area (Å²) >= 11 is 6.08. The molecule has 0 aliphatic rings. The fourth-order valence-electron chi connectivity index (χ4n) is 2.19. The Morgan fingerprint density at radius 1 is 1.14 bits per heavy atom. The number of carbonyl (C=O) groups is 1. The van der Waals surface area contributed by atoms with Crippen LogP contribution in [0.5, 0.6) is 0 Å². The molecule has 21 heavy (non-hydrogen) atoms. The Hall–Kier alpha value is -2.33. The minimum absolute atomic E-state index is 0.0712. The number of hydrogen-bond acceptors (Lipinski definition) is 2. The number of nitrogens with one attached hydrogen (secondary N) is 1. The molecule has 0 atom stereocenters. The Balaban J connectivity index is 1.66. The van der Waals surface area contributed by atoms with E-state index in [1.165, 1.54) is 0 Å². The molecule has 0 spiro atoms. The van der Waals surface area contributed by atoms with Crippen LogP contribution in [0.1, 0.15) is 12.0 Å². The predicted molar refractivity (Wildman–Crippen MR) is 83.9 cm³/mol. The van der Waals surface area contributed by atoms with Gasteiger partial charge in [0.05, 0.1) is 11.0 Å². The predicted octanol–water partition coefficient (Wildman–Crippen LogP) is 3.39. The number of fused-ring (bicyclic) bond motifs is 1. The zero-order valence-corrected chi connectivity index (χ0v) is 12.0. The lowest BCUT2D eigenvalue weighted by Gasteiger charge is -2.07. The lowest BCUT2D eigenvalue weighted by Crippen LogP contribution is -2.22. The molecule has 0 aliphatic heterocycles. The molecule has 3 aromatic rings. The topological polar surface area (TPSA) is 46.9 Å². The number of amides is 1. The quantitative estimate of drug-likeness (QED) is 0.802. The zero-order valence-electron chi connectivity index (χ0n) is 11.3. The second-order valence-corrected chi connectivity index (χ2v) is 5.14. The maximum absolute atomic E-state index is 12.0. The summed E-state index contributed by atoms with van der Waals surface area (Å²) in [5, 5.41) is 0.693. The van der Waals surface area contributed by atoms with E-state index in [-0.39, 0.29) is 5.91 Å². The van der Waals surface area contributed by atoms with Gasteiger partial charge in [0.2, 0.25) is 5.91 Å². The maximum Gasteiger partial charge on any atom is 0.239 e.